The average Bonchev–Trinajstić information content (AvgIpc) is 3.34. The molecule has 0 aliphatic rings. The van der Waals surface area contributed by atoms with Crippen molar-refractivity contribution in [1.82, 2.24) is 9.78 Å². The van der Waals surface area contributed by atoms with Gasteiger partial charge in [-0.25, -0.2) is 0 Å². The number of carbonyl (C=O) groups is 1. The normalized spacial score (nSPS) is 10.9. The molecule has 0 atom stereocenters. The number of aromatic nitrogens is 2. The van der Waals surface area contributed by atoms with E-state index in [4.69, 9.17) is 4.74 Å². The summed E-state index contributed by atoms with van der Waals surface area (Å²) >= 11 is 4.89. The van der Waals surface area contributed by atoms with Gasteiger partial charge in [0.15, 0.2) is 5.82 Å². The fraction of sp³-hybridized carbons (Fsp3) is 0.200. The lowest BCUT2D eigenvalue weighted by atomic mass is 10.1. The van der Waals surface area contributed by atoms with Crippen LogP contribution in [0.3, 0.4) is 0 Å². The number of nitrogens with zero attached hydrogens (tertiary/aromatic N) is 2. The zero-order valence-electron chi connectivity index (χ0n) is 18.2. The van der Waals surface area contributed by atoms with Crippen LogP contribution < -0.4 is 10.1 Å². The van der Waals surface area contributed by atoms with Crippen LogP contribution in [0.25, 0.3) is 0 Å². The van der Waals surface area contributed by atoms with Gasteiger partial charge in [0, 0.05) is 11.8 Å². The van der Waals surface area contributed by atoms with Crippen molar-refractivity contribution >= 4 is 39.0 Å². The highest BCUT2D eigenvalue weighted by Crippen LogP contribution is 2.25. The Balaban J connectivity index is 1.38. The van der Waals surface area contributed by atoms with Gasteiger partial charge in [-0.05, 0) is 65.3 Å². The van der Waals surface area contributed by atoms with E-state index < -0.39 is 0 Å². The molecule has 0 unspecified atom stereocenters. The summed E-state index contributed by atoms with van der Waals surface area (Å²) in [4.78, 5) is 13.4. The second-order valence-electron chi connectivity index (χ2n) is 7.84. The van der Waals surface area contributed by atoms with Crippen LogP contribution >= 0.6 is 27.3 Å². The van der Waals surface area contributed by atoms with Gasteiger partial charge in [0.05, 0.1) is 15.9 Å². The predicted octanol–water partition coefficient (Wildman–Crippen LogP) is 6.51. The molecule has 32 heavy (non-hydrogen) atoms. The van der Waals surface area contributed by atoms with Gasteiger partial charge in [0.25, 0.3) is 5.91 Å². The Bertz CT molecular complexity index is 1260. The maximum Gasteiger partial charge on any atom is 0.266 e. The minimum absolute atomic E-state index is 0.186. The molecule has 0 aliphatic heterocycles. The molecular formula is C25H24BrN3O2S. The van der Waals surface area contributed by atoms with E-state index in [2.05, 4.69) is 64.5 Å². The standard InChI is InChI=1S/C25H24BrN3O2S/c1-16-5-4-6-19(10-16)12-29-13-21(26)24(28-29)27-25(30)23-11-20(15-32-23)14-31-22-8-7-17(2)9-18(22)3/h4-11,13,15H,12,14H2,1-3H3,(H,27,28,30). The van der Waals surface area contributed by atoms with Gasteiger partial charge in [0.2, 0.25) is 0 Å². The van der Waals surface area contributed by atoms with E-state index in [1.54, 1.807) is 0 Å². The van der Waals surface area contributed by atoms with Gasteiger partial charge >= 0.3 is 0 Å². The second kappa shape index (κ2) is 9.71. The lowest BCUT2D eigenvalue weighted by molar-refractivity contribution is 0.103. The first kappa shape index (κ1) is 22.3. The number of hydrogen-bond donors (Lipinski definition) is 1. The predicted molar refractivity (Wildman–Crippen MR) is 133 cm³/mol. The molecule has 0 spiro atoms. The van der Waals surface area contributed by atoms with Crippen molar-refractivity contribution in [2.24, 2.45) is 0 Å². The summed E-state index contributed by atoms with van der Waals surface area (Å²) in [6.07, 6.45) is 1.87. The summed E-state index contributed by atoms with van der Waals surface area (Å²) in [7, 11) is 0. The molecule has 0 fully saturated rings. The number of benzene rings is 2. The third-order valence-electron chi connectivity index (χ3n) is 4.98. The molecule has 1 amide bonds. The van der Waals surface area contributed by atoms with Crippen molar-refractivity contribution in [2.75, 3.05) is 5.32 Å². The van der Waals surface area contributed by atoms with Gasteiger partial charge in [0.1, 0.15) is 12.4 Å². The van der Waals surface area contributed by atoms with Crippen LogP contribution in [0.4, 0.5) is 5.82 Å². The van der Waals surface area contributed by atoms with Gasteiger partial charge in [-0.15, -0.1) is 11.3 Å². The zero-order valence-corrected chi connectivity index (χ0v) is 20.6. The van der Waals surface area contributed by atoms with E-state index >= 15 is 0 Å². The summed E-state index contributed by atoms with van der Waals surface area (Å²) in [5.41, 5.74) is 5.63. The molecular weight excluding hydrogens is 486 g/mol. The van der Waals surface area contributed by atoms with E-state index in [1.165, 1.54) is 22.5 Å². The number of hydrogen-bond acceptors (Lipinski definition) is 4. The molecule has 4 rings (SSSR count). The van der Waals surface area contributed by atoms with Gasteiger partial charge in [-0.1, -0.05) is 47.5 Å². The highest BCUT2D eigenvalue weighted by molar-refractivity contribution is 9.10. The molecule has 2 aromatic heterocycles. The van der Waals surface area contributed by atoms with E-state index in [0.717, 1.165) is 26.9 Å². The topological polar surface area (TPSA) is 56.2 Å². The Morgan fingerprint density at radius 3 is 2.69 bits per heavy atom. The minimum atomic E-state index is -0.186. The number of halogens is 1. The number of thiophene rings is 1. The molecule has 164 valence electrons. The lowest BCUT2D eigenvalue weighted by Gasteiger charge is -2.08. The fourth-order valence-electron chi connectivity index (χ4n) is 3.42. The summed E-state index contributed by atoms with van der Waals surface area (Å²) in [5.74, 6) is 1.18. The molecule has 0 radical (unpaired) electrons. The number of nitrogens with one attached hydrogen (secondary N) is 1. The lowest BCUT2D eigenvalue weighted by Crippen LogP contribution is -2.12. The van der Waals surface area contributed by atoms with Crippen LogP contribution in [-0.4, -0.2) is 15.7 Å². The molecule has 5 nitrogen and oxygen atoms in total. The number of anilines is 1. The van der Waals surface area contributed by atoms with Crippen LogP contribution in [0.5, 0.6) is 5.75 Å². The maximum atomic E-state index is 12.7. The Hall–Kier alpha value is -2.90. The SMILES string of the molecule is Cc1cccc(Cn2cc(Br)c(NC(=O)c3cc(COc4ccc(C)cc4C)cs3)n2)c1. The van der Waals surface area contributed by atoms with Crippen LogP contribution in [-0.2, 0) is 13.2 Å². The first-order chi connectivity index (χ1) is 15.4. The largest absolute Gasteiger partial charge is 0.489 e. The number of carbonyl (C=O) groups excluding carboxylic acids is 1. The fourth-order valence-corrected chi connectivity index (χ4v) is 4.63. The molecule has 0 aliphatic carbocycles. The first-order valence-corrected chi connectivity index (χ1v) is 11.9. The van der Waals surface area contributed by atoms with Crippen molar-refractivity contribution in [2.45, 2.75) is 33.9 Å². The van der Waals surface area contributed by atoms with E-state index in [9.17, 15) is 4.79 Å². The Labute approximate surface area is 200 Å². The molecule has 7 heteroatoms. The number of rotatable bonds is 7. The average molecular weight is 510 g/mol. The highest BCUT2D eigenvalue weighted by atomic mass is 79.9. The number of amides is 1. The molecule has 2 heterocycles. The van der Waals surface area contributed by atoms with E-state index in [0.29, 0.717) is 23.8 Å². The van der Waals surface area contributed by atoms with Crippen molar-refractivity contribution in [1.29, 1.82) is 0 Å². The quantitative estimate of drug-likeness (QED) is 0.308. The van der Waals surface area contributed by atoms with Crippen molar-refractivity contribution in [3.63, 3.8) is 0 Å². The second-order valence-corrected chi connectivity index (χ2v) is 9.61. The van der Waals surface area contributed by atoms with Crippen LogP contribution in [0.1, 0.15) is 37.5 Å². The van der Waals surface area contributed by atoms with Crippen LogP contribution in [0.15, 0.2) is 64.6 Å². The zero-order chi connectivity index (χ0) is 22.7. The molecule has 0 bridgehead atoms. The highest BCUT2D eigenvalue weighted by Gasteiger charge is 2.15. The number of ether oxygens (including phenoxy) is 1. The first-order valence-electron chi connectivity index (χ1n) is 10.2. The Morgan fingerprint density at radius 1 is 1.09 bits per heavy atom. The van der Waals surface area contributed by atoms with Crippen LogP contribution in [0.2, 0.25) is 0 Å². The van der Waals surface area contributed by atoms with Gasteiger partial charge in [-0.2, -0.15) is 5.10 Å². The van der Waals surface area contributed by atoms with E-state index in [-0.39, 0.29) is 5.91 Å². The van der Waals surface area contributed by atoms with Crippen LogP contribution in [0, 0.1) is 20.8 Å². The molecule has 0 saturated heterocycles. The Morgan fingerprint density at radius 2 is 1.91 bits per heavy atom. The van der Waals surface area contributed by atoms with E-state index in [1.807, 2.05) is 47.4 Å². The van der Waals surface area contributed by atoms with Gasteiger partial charge in [-0.3, -0.25) is 9.48 Å². The summed E-state index contributed by atoms with van der Waals surface area (Å²) in [6, 6.07) is 16.3. The molecule has 2 aromatic carbocycles. The van der Waals surface area contributed by atoms with Crippen molar-refractivity contribution < 1.29 is 9.53 Å². The monoisotopic (exact) mass is 509 g/mol. The molecule has 4 aromatic rings. The Kier molecular flexibility index (Phi) is 6.77. The summed E-state index contributed by atoms with van der Waals surface area (Å²) in [6.45, 7) is 7.21. The summed E-state index contributed by atoms with van der Waals surface area (Å²) < 4.78 is 8.48. The third kappa shape index (κ3) is 5.47. The maximum absolute atomic E-state index is 12.7. The summed E-state index contributed by atoms with van der Waals surface area (Å²) in [5, 5.41) is 9.36. The molecule has 0 saturated carbocycles. The van der Waals surface area contributed by atoms with Crippen molar-refractivity contribution in [3.05, 3.63) is 97.3 Å². The number of aryl methyl sites for hydroxylation is 3. The third-order valence-corrected chi connectivity index (χ3v) is 6.54. The smallest absolute Gasteiger partial charge is 0.266 e. The molecule has 1 N–H and O–H groups in total. The van der Waals surface area contributed by atoms with Gasteiger partial charge < -0.3 is 10.1 Å². The minimum Gasteiger partial charge on any atom is -0.489 e. The van der Waals surface area contributed by atoms with Crippen molar-refractivity contribution in [3.8, 4) is 5.75 Å².